The highest BCUT2D eigenvalue weighted by atomic mass is 32.1. The number of hydrogen-bond acceptors (Lipinski definition) is 5. The molecule has 1 aromatic heterocycles. The monoisotopic (exact) mass is 240 g/mol. The van der Waals surface area contributed by atoms with E-state index < -0.39 is 0 Å². The molecule has 1 aliphatic rings. The molecule has 1 fully saturated rings. The molecule has 0 bridgehead atoms. The first kappa shape index (κ1) is 11.8. The summed E-state index contributed by atoms with van der Waals surface area (Å²) in [5.41, 5.74) is 0.366. The van der Waals surface area contributed by atoms with E-state index in [1.165, 1.54) is 12.8 Å². The summed E-state index contributed by atoms with van der Waals surface area (Å²) in [4.78, 5) is 0. The third kappa shape index (κ3) is 2.71. The fourth-order valence-corrected chi connectivity index (χ4v) is 2.78. The number of piperidine rings is 1. The van der Waals surface area contributed by atoms with Gasteiger partial charge in [-0.05, 0) is 31.7 Å². The van der Waals surface area contributed by atoms with E-state index in [0.717, 1.165) is 23.2 Å². The molecule has 16 heavy (non-hydrogen) atoms. The highest BCUT2D eigenvalue weighted by Crippen LogP contribution is 2.30. The lowest BCUT2D eigenvalue weighted by atomic mass is 9.77. The molecule has 0 saturated carbocycles. The summed E-state index contributed by atoms with van der Waals surface area (Å²) in [6.45, 7) is 8.70. The van der Waals surface area contributed by atoms with Gasteiger partial charge in [0, 0.05) is 12.6 Å². The summed E-state index contributed by atoms with van der Waals surface area (Å²) in [7, 11) is 0. The Bertz CT molecular complexity index is 348. The standard InChI is InChI=1S/C11H20N4S/c1-8-14-15-10(16-8)13-7-9-11(2,3)5-4-6-12-9/h9,12H,4-7H2,1-3H3,(H,13,15). The molecule has 2 heterocycles. The van der Waals surface area contributed by atoms with Crippen LogP contribution in [0.2, 0.25) is 0 Å². The largest absolute Gasteiger partial charge is 0.358 e. The second kappa shape index (κ2) is 4.67. The van der Waals surface area contributed by atoms with Gasteiger partial charge in [0.15, 0.2) is 0 Å². The normalized spacial score (nSPS) is 24.3. The van der Waals surface area contributed by atoms with E-state index in [-0.39, 0.29) is 0 Å². The lowest BCUT2D eigenvalue weighted by molar-refractivity contribution is 0.188. The summed E-state index contributed by atoms with van der Waals surface area (Å²) in [5.74, 6) is 0. The van der Waals surface area contributed by atoms with E-state index in [4.69, 9.17) is 0 Å². The highest BCUT2D eigenvalue weighted by molar-refractivity contribution is 7.15. The Hall–Kier alpha value is -0.680. The van der Waals surface area contributed by atoms with Gasteiger partial charge in [-0.15, -0.1) is 10.2 Å². The molecular formula is C11H20N4S. The van der Waals surface area contributed by atoms with Crippen molar-refractivity contribution in [1.29, 1.82) is 0 Å². The Labute approximate surface area is 101 Å². The predicted octanol–water partition coefficient (Wildman–Crippen LogP) is 2.04. The first-order valence-corrected chi connectivity index (χ1v) is 6.67. The van der Waals surface area contributed by atoms with Crippen LogP contribution in [-0.2, 0) is 0 Å². The number of aryl methyl sites for hydroxylation is 1. The molecule has 0 amide bonds. The van der Waals surface area contributed by atoms with Crippen LogP contribution in [0.15, 0.2) is 0 Å². The summed E-state index contributed by atoms with van der Waals surface area (Å²) in [5, 5.41) is 17.0. The maximum absolute atomic E-state index is 4.08. The summed E-state index contributed by atoms with van der Waals surface area (Å²) in [6, 6.07) is 0.519. The van der Waals surface area contributed by atoms with Crippen LogP contribution in [0.25, 0.3) is 0 Å². The molecule has 0 radical (unpaired) electrons. The number of nitrogens with one attached hydrogen (secondary N) is 2. The third-order valence-corrected chi connectivity index (χ3v) is 4.11. The van der Waals surface area contributed by atoms with E-state index in [0.29, 0.717) is 11.5 Å². The smallest absolute Gasteiger partial charge is 0.205 e. The Morgan fingerprint density at radius 2 is 2.31 bits per heavy atom. The molecule has 1 saturated heterocycles. The molecule has 4 nitrogen and oxygen atoms in total. The number of nitrogens with zero attached hydrogens (tertiary/aromatic N) is 2. The average molecular weight is 240 g/mol. The van der Waals surface area contributed by atoms with Gasteiger partial charge >= 0.3 is 0 Å². The summed E-state index contributed by atoms with van der Waals surface area (Å²) < 4.78 is 0. The molecule has 0 spiro atoms. The minimum absolute atomic E-state index is 0.366. The van der Waals surface area contributed by atoms with Crippen LogP contribution < -0.4 is 10.6 Å². The summed E-state index contributed by atoms with van der Waals surface area (Å²) >= 11 is 1.62. The topological polar surface area (TPSA) is 49.8 Å². The van der Waals surface area contributed by atoms with Crippen LogP contribution in [0.1, 0.15) is 31.7 Å². The van der Waals surface area contributed by atoms with E-state index in [1.54, 1.807) is 11.3 Å². The van der Waals surface area contributed by atoms with Crippen molar-refractivity contribution < 1.29 is 0 Å². The first-order valence-electron chi connectivity index (χ1n) is 5.85. The number of anilines is 1. The molecule has 1 aliphatic heterocycles. The van der Waals surface area contributed by atoms with Crippen LogP contribution in [0.5, 0.6) is 0 Å². The molecule has 5 heteroatoms. The van der Waals surface area contributed by atoms with Crippen molar-refractivity contribution in [1.82, 2.24) is 15.5 Å². The van der Waals surface area contributed by atoms with Crippen molar-refractivity contribution in [2.24, 2.45) is 5.41 Å². The van der Waals surface area contributed by atoms with Crippen molar-refractivity contribution >= 4 is 16.5 Å². The second-order valence-corrected chi connectivity index (χ2v) is 6.29. The minimum atomic E-state index is 0.366. The van der Waals surface area contributed by atoms with Crippen molar-refractivity contribution in [3.63, 3.8) is 0 Å². The Kier molecular flexibility index (Phi) is 3.44. The van der Waals surface area contributed by atoms with Gasteiger partial charge in [-0.25, -0.2) is 0 Å². The SMILES string of the molecule is Cc1nnc(NCC2NCCCC2(C)C)s1. The lowest BCUT2D eigenvalue weighted by Gasteiger charge is -2.39. The minimum Gasteiger partial charge on any atom is -0.358 e. The molecule has 1 atom stereocenters. The number of hydrogen-bond donors (Lipinski definition) is 2. The molecule has 0 aliphatic carbocycles. The van der Waals surface area contributed by atoms with Gasteiger partial charge in [-0.1, -0.05) is 25.2 Å². The van der Waals surface area contributed by atoms with E-state index in [9.17, 15) is 0 Å². The quantitative estimate of drug-likeness (QED) is 0.849. The summed E-state index contributed by atoms with van der Waals surface area (Å²) in [6.07, 6.45) is 2.57. The maximum atomic E-state index is 4.08. The average Bonchev–Trinajstić information content (AvgIpc) is 2.62. The Morgan fingerprint density at radius 1 is 1.50 bits per heavy atom. The number of aromatic nitrogens is 2. The lowest BCUT2D eigenvalue weighted by Crippen LogP contribution is -2.50. The zero-order chi connectivity index (χ0) is 11.6. The predicted molar refractivity (Wildman–Crippen MR) is 67.9 cm³/mol. The fraction of sp³-hybridized carbons (Fsp3) is 0.818. The maximum Gasteiger partial charge on any atom is 0.205 e. The van der Waals surface area contributed by atoms with Crippen LogP contribution in [-0.4, -0.2) is 29.3 Å². The van der Waals surface area contributed by atoms with Crippen LogP contribution in [0.3, 0.4) is 0 Å². The van der Waals surface area contributed by atoms with E-state index in [2.05, 4.69) is 34.7 Å². The molecule has 0 aromatic carbocycles. The van der Waals surface area contributed by atoms with Crippen LogP contribution >= 0.6 is 11.3 Å². The first-order chi connectivity index (χ1) is 7.58. The third-order valence-electron chi connectivity index (χ3n) is 3.32. The molecule has 90 valence electrons. The van der Waals surface area contributed by atoms with Gasteiger partial charge in [0.25, 0.3) is 0 Å². The number of rotatable bonds is 3. The Balaban J connectivity index is 1.89. The van der Waals surface area contributed by atoms with Crippen molar-refractivity contribution in [2.75, 3.05) is 18.4 Å². The van der Waals surface area contributed by atoms with Crippen molar-refractivity contribution in [2.45, 2.75) is 39.7 Å². The van der Waals surface area contributed by atoms with Gasteiger partial charge in [0.05, 0.1) is 0 Å². The Morgan fingerprint density at radius 3 is 2.94 bits per heavy atom. The highest BCUT2D eigenvalue weighted by Gasteiger charge is 2.31. The van der Waals surface area contributed by atoms with Crippen molar-refractivity contribution in [3.05, 3.63) is 5.01 Å². The molecule has 1 aromatic rings. The van der Waals surface area contributed by atoms with Gasteiger partial charge in [0.1, 0.15) is 5.01 Å². The zero-order valence-corrected chi connectivity index (χ0v) is 11.0. The molecule has 2 rings (SSSR count). The van der Waals surface area contributed by atoms with Gasteiger partial charge in [0.2, 0.25) is 5.13 Å². The molecular weight excluding hydrogens is 220 g/mol. The van der Waals surface area contributed by atoms with Gasteiger partial charge in [-0.2, -0.15) is 0 Å². The molecule has 1 unspecified atom stereocenters. The van der Waals surface area contributed by atoms with Gasteiger partial charge < -0.3 is 10.6 Å². The van der Waals surface area contributed by atoms with Crippen LogP contribution in [0.4, 0.5) is 5.13 Å². The van der Waals surface area contributed by atoms with Gasteiger partial charge in [-0.3, -0.25) is 0 Å². The fourth-order valence-electron chi connectivity index (χ4n) is 2.18. The molecule has 2 N–H and O–H groups in total. The van der Waals surface area contributed by atoms with E-state index in [1.807, 2.05) is 6.92 Å². The van der Waals surface area contributed by atoms with Crippen LogP contribution in [0, 0.1) is 12.3 Å². The van der Waals surface area contributed by atoms with E-state index >= 15 is 0 Å². The second-order valence-electron chi connectivity index (χ2n) is 5.11. The zero-order valence-electron chi connectivity index (χ0n) is 10.2. The van der Waals surface area contributed by atoms with Crippen molar-refractivity contribution in [3.8, 4) is 0 Å².